The first-order valence-electron chi connectivity index (χ1n) is 6.17. The van der Waals surface area contributed by atoms with Crippen LogP contribution in [0.1, 0.15) is 5.56 Å². The average molecular weight is 396 g/mol. The van der Waals surface area contributed by atoms with Crippen LogP contribution in [0, 0.1) is 12.7 Å². The van der Waals surface area contributed by atoms with Crippen LogP contribution in [0.3, 0.4) is 0 Å². The Morgan fingerprint density at radius 3 is 2.21 bits per heavy atom. The maximum atomic E-state index is 13.8. The van der Waals surface area contributed by atoms with Gasteiger partial charge < -0.3 is 15.2 Å². The third kappa shape index (κ3) is 5.38. The van der Waals surface area contributed by atoms with Crippen LogP contribution in [-0.2, 0) is 11.2 Å². The van der Waals surface area contributed by atoms with Crippen molar-refractivity contribution in [2.75, 3.05) is 5.32 Å². The Morgan fingerprint density at radius 1 is 1.12 bits per heavy atom. The number of benzene rings is 1. The van der Waals surface area contributed by atoms with Crippen LogP contribution in [-0.4, -0.2) is 34.3 Å². The quantitative estimate of drug-likeness (QED) is 0.334. The molecule has 1 aromatic carbocycles. The molecule has 1 aromatic rings. The van der Waals surface area contributed by atoms with E-state index in [4.69, 9.17) is 0 Å². The third-order valence-electron chi connectivity index (χ3n) is 2.62. The number of anilines is 1. The van der Waals surface area contributed by atoms with E-state index in [0.29, 0.717) is 0 Å². The predicted molar refractivity (Wildman–Crippen MR) is 78.7 cm³/mol. The lowest BCUT2D eigenvalue weighted by Gasteiger charge is -2.18. The van der Waals surface area contributed by atoms with Crippen LogP contribution in [0.15, 0.2) is 17.0 Å². The normalized spacial score (nSPS) is 15.3. The van der Waals surface area contributed by atoms with Crippen molar-refractivity contribution in [1.29, 1.82) is 0 Å². The molecule has 0 aromatic heterocycles. The molecule has 0 spiro atoms. The molecule has 0 aliphatic heterocycles. The van der Waals surface area contributed by atoms with Crippen molar-refractivity contribution in [2.24, 2.45) is 0 Å². The van der Waals surface area contributed by atoms with Gasteiger partial charge in [-0.1, -0.05) is 0 Å². The number of aryl methyl sites for hydroxylation is 1. The molecule has 0 amide bonds. The summed E-state index contributed by atoms with van der Waals surface area (Å²) in [6.07, 6.45) is -9.73. The molecule has 3 unspecified atom stereocenters. The monoisotopic (exact) mass is 396 g/mol. The molecule has 24 heavy (non-hydrogen) atoms. The maximum absolute atomic E-state index is 13.8. The molecule has 0 radical (unpaired) electrons. The van der Waals surface area contributed by atoms with Gasteiger partial charge in [0, 0.05) is 22.8 Å². The van der Waals surface area contributed by atoms with Crippen molar-refractivity contribution in [2.45, 2.75) is 36.5 Å². The number of hydrogen-bond donors (Lipinski definition) is 2. The molecule has 0 aliphatic rings. The SMILES string of the molecule is Cc1cc(F)c(NC(=S)NC(F)C(F)F)cc1[S+]([O-])C(F)C(F)F. The molecule has 3 atom stereocenters. The molecular weight excluding hydrogens is 385 g/mol. The molecule has 0 heterocycles. The molecule has 2 N–H and O–H groups in total. The zero-order valence-corrected chi connectivity index (χ0v) is 13.5. The average Bonchev–Trinajstić information content (AvgIpc) is 2.48. The van der Waals surface area contributed by atoms with Crippen molar-refractivity contribution >= 4 is 34.2 Å². The molecule has 0 saturated heterocycles. The Bertz CT molecular complexity index is 591. The molecule has 0 saturated carbocycles. The number of halogens is 7. The highest BCUT2D eigenvalue weighted by molar-refractivity contribution is 7.92. The van der Waals surface area contributed by atoms with E-state index in [0.717, 1.165) is 12.1 Å². The standard InChI is InChI=1S/C12H11F7N2OS2/c1-4-2-5(13)6(20-12(23)21-10(18)8(14)15)3-7(4)24(22)11(19)9(16)17/h2-3,8-11H,1H3,(H2,20,21,23). The van der Waals surface area contributed by atoms with E-state index >= 15 is 0 Å². The van der Waals surface area contributed by atoms with Gasteiger partial charge >= 0.3 is 11.9 Å². The molecule has 12 heteroatoms. The maximum Gasteiger partial charge on any atom is 0.318 e. The Labute approximate surface area is 140 Å². The van der Waals surface area contributed by atoms with E-state index in [9.17, 15) is 35.3 Å². The van der Waals surface area contributed by atoms with Gasteiger partial charge in [-0.05, 0) is 25.2 Å². The summed E-state index contributed by atoms with van der Waals surface area (Å²) in [5.74, 6) is -1.02. The Morgan fingerprint density at radius 2 is 1.71 bits per heavy atom. The predicted octanol–water partition coefficient (Wildman–Crippen LogP) is 3.65. The Kier molecular flexibility index (Phi) is 7.55. The molecule has 0 bridgehead atoms. The topological polar surface area (TPSA) is 47.1 Å². The van der Waals surface area contributed by atoms with Crippen molar-refractivity contribution in [3.8, 4) is 0 Å². The molecule has 0 fully saturated rings. The van der Waals surface area contributed by atoms with Crippen LogP contribution in [0.5, 0.6) is 0 Å². The van der Waals surface area contributed by atoms with E-state index in [2.05, 4.69) is 12.2 Å². The van der Waals surface area contributed by atoms with Gasteiger partial charge in [0.25, 0.3) is 6.43 Å². The van der Waals surface area contributed by atoms with E-state index < -0.39 is 57.3 Å². The summed E-state index contributed by atoms with van der Waals surface area (Å²) in [7, 11) is 0. The molecule has 136 valence electrons. The Hall–Kier alpha value is -1.27. The number of thiocarbonyl (C=S) groups is 1. The van der Waals surface area contributed by atoms with Gasteiger partial charge in [0.2, 0.25) is 6.30 Å². The summed E-state index contributed by atoms with van der Waals surface area (Å²) in [6, 6.07) is 1.50. The first-order chi connectivity index (χ1) is 11.0. The number of nitrogens with one attached hydrogen (secondary N) is 2. The second kappa shape index (κ2) is 8.72. The Balaban J connectivity index is 3.00. The van der Waals surface area contributed by atoms with Crippen LogP contribution in [0.4, 0.5) is 36.4 Å². The molecule has 3 nitrogen and oxygen atoms in total. The van der Waals surface area contributed by atoms with Gasteiger partial charge in [-0.25, -0.2) is 26.3 Å². The van der Waals surface area contributed by atoms with E-state index in [-0.39, 0.29) is 5.56 Å². The third-order valence-corrected chi connectivity index (χ3v) is 4.33. The fourth-order valence-electron chi connectivity index (χ4n) is 1.53. The summed E-state index contributed by atoms with van der Waals surface area (Å²) >= 11 is 1.69. The lowest BCUT2D eigenvalue weighted by molar-refractivity contribution is 0.0424. The van der Waals surface area contributed by atoms with Gasteiger partial charge in [0.15, 0.2) is 10.0 Å². The second-order valence-corrected chi connectivity index (χ2v) is 6.31. The van der Waals surface area contributed by atoms with Crippen molar-refractivity contribution < 1.29 is 35.3 Å². The lowest BCUT2D eigenvalue weighted by atomic mass is 10.2. The van der Waals surface area contributed by atoms with Crippen LogP contribution in [0.25, 0.3) is 0 Å². The van der Waals surface area contributed by atoms with Crippen LogP contribution >= 0.6 is 12.2 Å². The van der Waals surface area contributed by atoms with Gasteiger partial charge in [0.1, 0.15) is 5.82 Å². The minimum atomic E-state index is -3.52. The largest absolute Gasteiger partial charge is 0.609 e. The first kappa shape index (κ1) is 20.8. The van der Waals surface area contributed by atoms with Crippen LogP contribution < -0.4 is 10.6 Å². The van der Waals surface area contributed by atoms with Gasteiger partial charge in [-0.15, -0.1) is 0 Å². The van der Waals surface area contributed by atoms with E-state index in [1.807, 2.05) is 5.32 Å². The van der Waals surface area contributed by atoms with Crippen molar-refractivity contribution in [3.05, 3.63) is 23.5 Å². The number of alkyl halides is 6. The fraction of sp³-hybridized carbons (Fsp3) is 0.417. The van der Waals surface area contributed by atoms with Crippen LogP contribution in [0.2, 0.25) is 0 Å². The number of hydrogen-bond acceptors (Lipinski definition) is 2. The summed E-state index contributed by atoms with van der Waals surface area (Å²) in [5.41, 5.74) is -3.64. The molecule has 1 rings (SSSR count). The fourth-order valence-corrected chi connectivity index (χ4v) is 2.79. The smallest absolute Gasteiger partial charge is 0.318 e. The minimum absolute atomic E-state index is 0.0745. The summed E-state index contributed by atoms with van der Waals surface area (Å²) in [5, 5.41) is 2.81. The highest BCUT2D eigenvalue weighted by Crippen LogP contribution is 2.29. The van der Waals surface area contributed by atoms with Gasteiger partial charge in [0.05, 0.1) is 5.69 Å². The minimum Gasteiger partial charge on any atom is -0.609 e. The van der Waals surface area contributed by atoms with Crippen molar-refractivity contribution in [3.63, 3.8) is 0 Å². The van der Waals surface area contributed by atoms with Gasteiger partial charge in [-0.3, -0.25) is 0 Å². The summed E-state index contributed by atoms with van der Waals surface area (Å²) in [4.78, 5) is -0.444. The first-order valence-corrected chi connectivity index (χ1v) is 7.79. The lowest BCUT2D eigenvalue weighted by Crippen LogP contribution is -2.39. The van der Waals surface area contributed by atoms with E-state index in [1.54, 1.807) is 0 Å². The summed E-state index contributed by atoms with van der Waals surface area (Å²) in [6.45, 7) is 1.21. The van der Waals surface area contributed by atoms with Gasteiger partial charge in [-0.2, -0.15) is 4.39 Å². The second-order valence-electron chi connectivity index (χ2n) is 4.42. The molecule has 0 aliphatic carbocycles. The highest BCUT2D eigenvalue weighted by atomic mass is 32.2. The highest BCUT2D eigenvalue weighted by Gasteiger charge is 2.35. The zero-order valence-electron chi connectivity index (χ0n) is 11.8. The molecular formula is C12H11F7N2OS2. The van der Waals surface area contributed by atoms with Crippen molar-refractivity contribution in [1.82, 2.24) is 5.32 Å². The number of rotatable bonds is 6. The summed E-state index contributed by atoms with van der Waals surface area (Å²) < 4.78 is 100. The van der Waals surface area contributed by atoms with E-state index in [1.165, 1.54) is 12.2 Å². The zero-order chi connectivity index (χ0) is 18.6.